The molecule has 0 aromatic rings. The van der Waals surface area contributed by atoms with Crippen LogP contribution < -0.4 is 16.0 Å². The molecule has 0 aromatic heterocycles. The highest BCUT2D eigenvalue weighted by Crippen LogP contribution is 2.40. The number of nitrogens with zero attached hydrogens (tertiary/aromatic N) is 1. The van der Waals surface area contributed by atoms with E-state index in [2.05, 4.69) is 20.9 Å². The monoisotopic (exact) mass is 376 g/mol. The molecule has 6 nitrogen and oxygen atoms in total. The molecule has 6 heteroatoms. The van der Waals surface area contributed by atoms with Gasteiger partial charge in [-0.05, 0) is 76.3 Å². The molecule has 2 atom stereocenters. The van der Waals surface area contributed by atoms with Crippen LogP contribution in [0.2, 0.25) is 0 Å². The molecule has 2 saturated heterocycles. The van der Waals surface area contributed by atoms with Crippen molar-refractivity contribution in [2.45, 2.75) is 69.9 Å². The van der Waals surface area contributed by atoms with Crippen LogP contribution >= 0.6 is 0 Å². The molecule has 3 N–H and O–H groups in total. The van der Waals surface area contributed by atoms with Crippen molar-refractivity contribution >= 4 is 11.8 Å². The molecule has 4 fully saturated rings. The van der Waals surface area contributed by atoms with Crippen LogP contribution in [0, 0.1) is 17.8 Å². The molecule has 27 heavy (non-hydrogen) atoms. The Morgan fingerprint density at radius 1 is 0.852 bits per heavy atom. The Kier molecular flexibility index (Phi) is 6.33. The average molecular weight is 377 g/mol. The van der Waals surface area contributed by atoms with E-state index in [1.165, 1.54) is 25.7 Å². The van der Waals surface area contributed by atoms with Crippen molar-refractivity contribution < 1.29 is 9.59 Å². The number of carbonyl (C=O) groups is 2. The smallest absolute Gasteiger partial charge is 0.234 e. The second kappa shape index (κ2) is 8.91. The minimum atomic E-state index is 0.163. The summed E-state index contributed by atoms with van der Waals surface area (Å²) in [5, 5.41) is 9.87. The molecule has 0 aromatic carbocycles. The van der Waals surface area contributed by atoms with Crippen LogP contribution in [0.5, 0.6) is 0 Å². The molecule has 2 aliphatic carbocycles. The van der Waals surface area contributed by atoms with Gasteiger partial charge in [0.1, 0.15) is 0 Å². The summed E-state index contributed by atoms with van der Waals surface area (Å²) in [4.78, 5) is 27.1. The minimum Gasteiger partial charge on any atom is -0.353 e. The normalized spacial score (nSPS) is 31.0. The van der Waals surface area contributed by atoms with E-state index in [0.717, 1.165) is 64.2 Å². The first-order valence-electron chi connectivity index (χ1n) is 11.2. The van der Waals surface area contributed by atoms with Gasteiger partial charge in [0.15, 0.2) is 0 Å². The average Bonchev–Trinajstić information content (AvgIpc) is 3.34. The largest absolute Gasteiger partial charge is 0.353 e. The number of nitrogens with one attached hydrogen (secondary N) is 3. The molecule has 152 valence electrons. The van der Waals surface area contributed by atoms with Gasteiger partial charge < -0.3 is 16.0 Å². The zero-order valence-corrected chi connectivity index (χ0v) is 16.5. The molecule has 0 radical (unpaired) electrons. The second-order valence-electron chi connectivity index (χ2n) is 9.19. The summed E-state index contributed by atoms with van der Waals surface area (Å²) in [6, 6.07) is 0.725. The summed E-state index contributed by atoms with van der Waals surface area (Å²) in [6.45, 7) is 4.55. The highest BCUT2D eigenvalue weighted by atomic mass is 16.2. The summed E-state index contributed by atoms with van der Waals surface area (Å²) < 4.78 is 0. The summed E-state index contributed by atoms with van der Waals surface area (Å²) in [5.74, 6) is 2.03. The second-order valence-corrected chi connectivity index (χ2v) is 9.19. The third-order valence-corrected chi connectivity index (χ3v) is 7.14. The lowest BCUT2D eigenvalue weighted by Gasteiger charge is -2.34. The van der Waals surface area contributed by atoms with Crippen LogP contribution in [0.3, 0.4) is 0 Å². The van der Waals surface area contributed by atoms with Crippen molar-refractivity contribution in [1.29, 1.82) is 0 Å². The van der Waals surface area contributed by atoms with E-state index < -0.39 is 0 Å². The number of likely N-dealkylation sites (tertiary alicyclic amines) is 1. The summed E-state index contributed by atoms with van der Waals surface area (Å²) in [7, 11) is 0. The van der Waals surface area contributed by atoms with Gasteiger partial charge in [-0.25, -0.2) is 0 Å². The van der Waals surface area contributed by atoms with E-state index >= 15 is 0 Å². The number of rotatable bonds is 6. The Bertz CT molecular complexity index is 522. The van der Waals surface area contributed by atoms with Crippen molar-refractivity contribution in [1.82, 2.24) is 20.9 Å². The van der Waals surface area contributed by atoms with Crippen molar-refractivity contribution in [3.05, 3.63) is 0 Å². The van der Waals surface area contributed by atoms with E-state index in [-0.39, 0.29) is 17.9 Å². The summed E-state index contributed by atoms with van der Waals surface area (Å²) >= 11 is 0. The van der Waals surface area contributed by atoms with Crippen LogP contribution in [0.25, 0.3) is 0 Å². The van der Waals surface area contributed by atoms with Crippen LogP contribution in [0.1, 0.15) is 57.8 Å². The quantitative estimate of drug-likeness (QED) is 0.653. The van der Waals surface area contributed by atoms with Crippen molar-refractivity contribution in [2.75, 3.05) is 32.7 Å². The fourth-order valence-corrected chi connectivity index (χ4v) is 5.40. The van der Waals surface area contributed by atoms with Gasteiger partial charge in [0.2, 0.25) is 11.8 Å². The fraction of sp³-hybridized carbons (Fsp3) is 0.905. The van der Waals surface area contributed by atoms with Gasteiger partial charge in [-0.2, -0.15) is 0 Å². The Hall–Kier alpha value is -1.14. The van der Waals surface area contributed by atoms with Gasteiger partial charge in [-0.15, -0.1) is 0 Å². The van der Waals surface area contributed by atoms with Crippen molar-refractivity contribution in [3.63, 3.8) is 0 Å². The Morgan fingerprint density at radius 3 is 2.26 bits per heavy atom. The predicted molar refractivity (Wildman–Crippen MR) is 105 cm³/mol. The SMILES string of the molecule is O=C(CN1CCC(NC(=O)C2CCCC2C2CCNCC2)CC1)NC1CC1. The number of carbonyl (C=O) groups excluding carboxylic acids is 2. The molecule has 0 bridgehead atoms. The van der Waals surface area contributed by atoms with Gasteiger partial charge >= 0.3 is 0 Å². The zero-order chi connectivity index (χ0) is 18.6. The van der Waals surface area contributed by atoms with Crippen LogP contribution in [0.15, 0.2) is 0 Å². The highest BCUT2D eigenvalue weighted by molar-refractivity contribution is 5.80. The lowest BCUT2D eigenvalue weighted by atomic mass is 9.78. The molecule has 0 spiro atoms. The lowest BCUT2D eigenvalue weighted by Crippen LogP contribution is -2.49. The topological polar surface area (TPSA) is 73.5 Å². The molecular formula is C21H36N4O2. The molecule has 4 rings (SSSR count). The molecular weight excluding hydrogens is 340 g/mol. The lowest BCUT2D eigenvalue weighted by molar-refractivity contribution is -0.128. The predicted octanol–water partition coefficient (Wildman–Crippen LogP) is 1.26. The van der Waals surface area contributed by atoms with Crippen LogP contribution in [-0.2, 0) is 9.59 Å². The Morgan fingerprint density at radius 2 is 1.56 bits per heavy atom. The van der Waals surface area contributed by atoms with E-state index in [0.29, 0.717) is 24.4 Å². The standard InChI is InChI=1S/C21H36N4O2/c26-20(23-16-4-5-16)14-25-12-8-17(9-13-25)24-21(27)19-3-1-2-18(19)15-6-10-22-11-7-15/h15-19,22H,1-14H2,(H,23,26)(H,24,27). The van der Waals surface area contributed by atoms with E-state index in [4.69, 9.17) is 0 Å². The number of hydrogen-bond donors (Lipinski definition) is 3. The maximum Gasteiger partial charge on any atom is 0.234 e. The molecule has 2 amide bonds. The molecule has 2 aliphatic heterocycles. The molecule has 2 unspecified atom stereocenters. The maximum atomic E-state index is 12.9. The number of amides is 2. The van der Waals surface area contributed by atoms with Gasteiger partial charge in [-0.1, -0.05) is 6.42 Å². The van der Waals surface area contributed by atoms with Crippen LogP contribution in [0.4, 0.5) is 0 Å². The van der Waals surface area contributed by atoms with E-state index in [1.54, 1.807) is 0 Å². The first-order chi connectivity index (χ1) is 13.2. The van der Waals surface area contributed by atoms with Crippen molar-refractivity contribution in [3.8, 4) is 0 Å². The van der Waals surface area contributed by atoms with Gasteiger partial charge in [0.25, 0.3) is 0 Å². The number of hydrogen-bond acceptors (Lipinski definition) is 4. The first kappa shape index (κ1) is 19.2. The summed E-state index contributed by atoms with van der Waals surface area (Å²) in [6.07, 6.45) is 10.2. The molecule has 2 saturated carbocycles. The molecule has 4 aliphatic rings. The van der Waals surface area contributed by atoms with Gasteiger partial charge in [0, 0.05) is 31.1 Å². The Labute approximate surface area is 163 Å². The van der Waals surface area contributed by atoms with E-state index in [9.17, 15) is 9.59 Å². The third-order valence-electron chi connectivity index (χ3n) is 7.14. The zero-order valence-electron chi connectivity index (χ0n) is 16.5. The van der Waals surface area contributed by atoms with Crippen molar-refractivity contribution in [2.24, 2.45) is 17.8 Å². The Balaban J connectivity index is 1.20. The van der Waals surface area contributed by atoms with Gasteiger partial charge in [-0.3, -0.25) is 14.5 Å². The third kappa shape index (κ3) is 5.23. The highest BCUT2D eigenvalue weighted by Gasteiger charge is 2.39. The number of piperidine rings is 2. The molecule has 2 heterocycles. The first-order valence-corrected chi connectivity index (χ1v) is 11.2. The van der Waals surface area contributed by atoms with Crippen LogP contribution in [-0.4, -0.2) is 61.5 Å². The van der Waals surface area contributed by atoms with E-state index in [1.807, 2.05) is 0 Å². The summed E-state index contributed by atoms with van der Waals surface area (Å²) in [5.41, 5.74) is 0. The minimum absolute atomic E-state index is 0.163. The fourth-order valence-electron chi connectivity index (χ4n) is 5.40. The van der Waals surface area contributed by atoms with Gasteiger partial charge in [0.05, 0.1) is 6.54 Å². The maximum absolute atomic E-state index is 12.9.